The van der Waals surface area contributed by atoms with Crippen LogP contribution in [0.3, 0.4) is 0 Å². The molecule has 2 aromatic heterocycles. The molecule has 70 heavy (non-hydrogen) atoms. The summed E-state index contributed by atoms with van der Waals surface area (Å²) in [6, 6.07) is 38.1. The van der Waals surface area contributed by atoms with Crippen molar-refractivity contribution in [1.82, 2.24) is 9.13 Å². The summed E-state index contributed by atoms with van der Waals surface area (Å²) < 4.78 is 173. The molecule has 0 amide bonds. The third kappa shape index (κ3) is 7.13. The first kappa shape index (κ1) is 44.7. The van der Waals surface area contributed by atoms with Crippen molar-refractivity contribution >= 4 is 65.2 Å². The highest BCUT2D eigenvalue weighted by Gasteiger charge is 2.35. The van der Waals surface area contributed by atoms with Gasteiger partial charge in [0.05, 0.1) is 44.3 Å². The first-order valence-corrected chi connectivity index (χ1v) is 21.7. The Kier molecular flexibility index (Phi) is 9.83. The number of aryl methyl sites for hydroxylation is 2. The third-order valence-corrected chi connectivity index (χ3v) is 13.3. The normalized spacial score (nSPS) is 13.0. The van der Waals surface area contributed by atoms with E-state index >= 15 is 0 Å². The third-order valence-electron chi connectivity index (χ3n) is 13.3. The Labute approximate surface area is 389 Å². The van der Waals surface area contributed by atoms with Crippen molar-refractivity contribution in [2.24, 2.45) is 0 Å². The van der Waals surface area contributed by atoms with Crippen LogP contribution in [0.5, 0.6) is 0 Å². The SMILES string of the molecule is Cc1ccccc1-c1c2ccc(-n3c4ccc(C(F)(F)F)cc4c4cc(C(F)(F)F)ccc43)cc2c(-c2ccccc2C)c2ccc(-n3c4ccc(C(F)(F)F)cc4c4cc(C(F)(F)F)ccc43)cc12. The van der Waals surface area contributed by atoms with Gasteiger partial charge in [-0.25, -0.2) is 0 Å². The van der Waals surface area contributed by atoms with Crippen molar-refractivity contribution in [3.63, 3.8) is 0 Å². The quantitative estimate of drug-likeness (QED) is 0.123. The zero-order valence-corrected chi connectivity index (χ0v) is 36.4. The lowest BCUT2D eigenvalue weighted by molar-refractivity contribution is -0.138. The molecule has 11 aromatic rings. The Morgan fingerprint density at radius 3 is 0.843 bits per heavy atom. The van der Waals surface area contributed by atoms with Gasteiger partial charge in [-0.2, -0.15) is 52.7 Å². The topological polar surface area (TPSA) is 9.86 Å². The van der Waals surface area contributed by atoms with Gasteiger partial charge < -0.3 is 9.13 Å². The van der Waals surface area contributed by atoms with E-state index in [0.717, 1.165) is 81.9 Å². The highest BCUT2D eigenvalue weighted by molar-refractivity contribution is 6.23. The molecular weight excluding hydrogens is 929 g/mol. The van der Waals surface area contributed by atoms with Crippen LogP contribution < -0.4 is 0 Å². The van der Waals surface area contributed by atoms with Gasteiger partial charge in [0.1, 0.15) is 0 Å². The van der Waals surface area contributed by atoms with Crippen LogP contribution >= 0.6 is 0 Å². The minimum absolute atomic E-state index is 0.0314. The minimum Gasteiger partial charge on any atom is -0.309 e. The van der Waals surface area contributed by atoms with Crippen molar-refractivity contribution in [2.45, 2.75) is 38.6 Å². The molecule has 0 fully saturated rings. The van der Waals surface area contributed by atoms with E-state index in [9.17, 15) is 52.7 Å². The van der Waals surface area contributed by atoms with Crippen LogP contribution in [0.2, 0.25) is 0 Å². The lowest BCUT2D eigenvalue weighted by Crippen LogP contribution is -2.04. The predicted molar refractivity (Wildman–Crippen MR) is 250 cm³/mol. The molecule has 11 rings (SSSR count). The molecule has 0 saturated carbocycles. The Hall–Kier alpha value is -7.74. The van der Waals surface area contributed by atoms with E-state index in [1.807, 2.05) is 86.6 Å². The summed E-state index contributed by atoms with van der Waals surface area (Å²) in [5.74, 6) is 0. The number of halogens is 12. The van der Waals surface area contributed by atoms with E-state index < -0.39 is 47.0 Å². The number of benzene rings is 9. The Morgan fingerprint density at radius 2 is 0.571 bits per heavy atom. The van der Waals surface area contributed by atoms with Crippen LogP contribution in [0.15, 0.2) is 158 Å². The second-order valence-electron chi connectivity index (χ2n) is 17.4. The van der Waals surface area contributed by atoms with Crippen LogP contribution in [0, 0.1) is 13.8 Å². The average Bonchev–Trinajstić information content (AvgIpc) is 3.81. The first-order valence-electron chi connectivity index (χ1n) is 21.7. The highest BCUT2D eigenvalue weighted by atomic mass is 19.4. The molecule has 0 spiro atoms. The van der Waals surface area contributed by atoms with Gasteiger partial charge in [0.15, 0.2) is 0 Å². The molecule has 350 valence electrons. The van der Waals surface area contributed by atoms with E-state index in [1.165, 1.54) is 24.3 Å². The molecule has 0 unspecified atom stereocenters. The summed E-state index contributed by atoms with van der Waals surface area (Å²) in [5, 5.41) is 2.63. The summed E-state index contributed by atoms with van der Waals surface area (Å²) in [6.07, 6.45) is -19.1. The Balaban J connectivity index is 1.26. The molecule has 2 heterocycles. The summed E-state index contributed by atoms with van der Waals surface area (Å²) in [6.45, 7) is 3.85. The maximum atomic E-state index is 14.1. The molecular formula is C56H32F12N2. The molecule has 2 nitrogen and oxygen atoms in total. The molecule has 0 aliphatic rings. The van der Waals surface area contributed by atoms with Crippen molar-refractivity contribution in [2.75, 3.05) is 0 Å². The smallest absolute Gasteiger partial charge is 0.309 e. The molecule has 0 saturated heterocycles. The lowest BCUT2D eigenvalue weighted by atomic mass is 9.83. The van der Waals surface area contributed by atoms with Gasteiger partial charge in [0, 0.05) is 32.9 Å². The molecule has 0 aliphatic heterocycles. The van der Waals surface area contributed by atoms with E-state index in [-0.39, 0.29) is 43.6 Å². The lowest BCUT2D eigenvalue weighted by Gasteiger charge is -2.22. The van der Waals surface area contributed by atoms with Crippen LogP contribution in [-0.4, -0.2) is 9.13 Å². The second-order valence-corrected chi connectivity index (χ2v) is 17.4. The number of aromatic nitrogens is 2. The van der Waals surface area contributed by atoms with Crippen molar-refractivity contribution in [3.8, 4) is 33.6 Å². The Morgan fingerprint density at radius 1 is 0.286 bits per heavy atom. The van der Waals surface area contributed by atoms with Gasteiger partial charge >= 0.3 is 24.7 Å². The van der Waals surface area contributed by atoms with Gasteiger partial charge in [-0.3, -0.25) is 0 Å². The molecule has 0 bridgehead atoms. The zero-order valence-electron chi connectivity index (χ0n) is 36.4. The van der Waals surface area contributed by atoms with E-state index in [1.54, 1.807) is 21.3 Å². The van der Waals surface area contributed by atoms with Crippen molar-refractivity contribution in [3.05, 3.63) is 191 Å². The largest absolute Gasteiger partial charge is 0.416 e. The van der Waals surface area contributed by atoms with E-state index in [2.05, 4.69) is 0 Å². The van der Waals surface area contributed by atoms with Crippen LogP contribution in [-0.2, 0) is 24.7 Å². The fourth-order valence-electron chi connectivity index (χ4n) is 10.1. The standard InChI is InChI=1S/C56H32F12N2/c1-29-7-3-5-9-37(29)51-39-17-15-36(70-49-21-13-33(55(63,64)65)25-43(49)44-26-34(56(66,67)68)14-22-50(44)70)28-46(39)52(38-10-6-4-8-30(38)2)40-18-16-35(27-45(40)51)69-47-19-11-31(53(57,58)59)23-41(47)42-24-32(54(60,61)62)12-20-48(42)69/h3-28H,1-2H3. The van der Waals surface area contributed by atoms with Gasteiger partial charge in [0.2, 0.25) is 0 Å². The Bertz CT molecular complexity index is 3570. The van der Waals surface area contributed by atoms with Crippen LogP contribution in [0.4, 0.5) is 52.7 Å². The fraction of sp³-hybridized carbons (Fsp3) is 0.107. The zero-order chi connectivity index (χ0) is 49.4. The van der Waals surface area contributed by atoms with Crippen LogP contribution in [0.25, 0.3) is 98.8 Å². The average molecular weight is 961 g/mol. The first-order chi connectivity index (χ1) is 33.1. The number of fused-ring (bicyclic) bond motifs is 8. The minimum atomic E-state index is -4.78. The van der Waals surface area contributed by atoms with Gasteiger partial charge in [0.25, 0.3) is 0 Å². The molecule has 0 atom stereocenters. The highest BCUT2D eigenvalue weighted by Crippen LogP contribution is 2.49. The monoisotopic (exact) mass is 960 g/mol. The summed E-state index contributed by atoms with van der Waals surface area (Å²) in [5.41, 5.74) is 2.48. The number of hydrogen-bond acceptors (Lipinski definition) is 0. The number of rotatable bonds is 4. The number of hydrogen-bond donors (Lipinski definition) is 0. The second kappa shape index (κ2) is 15.4. The summed E-state index contributed by atoms with van der Waals surface area (Å²) in [4.78, 5) is 0. The summed E-state index contributed by atoms with van der Waals surface area (Å²) >= 11 is 0. The van der Waals surface area contributed by atoms with E-state index in [4.69, 9.17) is 0 Å². The molecule has 14 heteroatoms. The maximum absolute atomic E-state index is 14.1. The summed E-state index contributed by atoms with van der Waals surface area (Å²) in [7, 11) is 0. The van der Waals surface area contributed by atoms with Crippen LogP contribution in [0.1, 0.15) is 33.4 Å². The van der Waals surface area contributed by atoms with E-state index in [0.29, 0.717) is 32.9 Å². The number of alkyl halides is 12. The molecule has 0 radical (unpaired) electrons. The van der Waals surface area contributed by atoms with Crippen molar-refractivity contribution < 1.29 is 52.7 Å². The van der Waals surface area contributed by atoms with Gasteiger partial charge in [-0.15, -0.1) is 0 Å². The van der Waals surface area contributed by atoms with Crippen molar-refractivity contribution in [1.29, 1.82) is 0 Å². The number of nitrogens with zero attached hydrogens (tertiary/aromatic N) is 2. The maximum Gasteiger partial charge on any atom is 0.416 e. The van der Waals surface area contributed by atoms with Gasteiger partial charge in [-0.1, -0.05) is 60.7 Å². The molecule has 0 N–H and O–H groups in total. The fourth-order valence-corrected chi connectivity index (χ4v) is 10.1. The molecule has 9 aromatic carbocycles. The molecule has 0 aliphatic carbocycles. The van der Waals surface area contributed by atoms with Gasteiger partial charge in [-0.05, 0) is 166 Å². The predicted octanol–water partition coefficient (Wildman–Crippen LogP) is 18.2.